The summed E-state index contributed by atoms with van der Waals surface area (Å²) in [5.41, 5.74) is 1.56. The van der Waals surface area contributed by atoms with E-state index >= 15 is 0 Å². The zero-order chi connectivity index (χ0) is 14.5. The molecule has 0 aliphatic carbocycles. The molecule has 2 aromatic rings. The molecule has 0 aromatic heterocycles. The molecule has 0 radical (unpaired) electrons. The quantitative estimate of drug-likeness (QED) is 0.835. The molecule has 2 N–H and O–H groups in total. The van der Waals surface area contributed by atoms with Crippen LogP contribution in [0.1, 0.15) is 31.1 Å². The normalized spacial score (nSPS) is 9.80. The van der Waals surface area contributed by atoms with Crippen LogP contribution in [0, 0.1) is 0 Å². The number of carboxylic acids is 1. The van der Waals surface area contributed by atoms with Crippen molar-refractivity contribution in [2.24, 2.45) is 0 Å². The number of aromatic carboxylic acids is 1. The SMILES string of the molecule is O=Cc1ccc(NC(=O)c2ccc(C(=O)O)cc2)cc1. The molecule has 0 atom stereocenters. The average Bonchev–Trinajstić information content (AvgIpc) is 2.48. The summed E-state index contributed by atoms with van der Waals surface area (Å²) in [7, 11) is 0. The molecule has 0 unspecified atom stereocenters. The van der Waals surface area contributed by atoms with Crippen LogP contribution in [0.3, 0.4) is 0 Å². The molecule has 5 heteroatoms. The maximum Gasteiger partial charge on any atom is 0.335 e. The van der Waals surface area contributed by atoms with Crippen LogP contribution in [0.5, 0.6) is 0 Å². The smallest absolute Gasteiger partial charge is 0.335 e. The first-order chi connectivity index (χ1) is 9.60. The highest BCUT2D eigenvalue weighted by Crippen LogP contribution is 2.11. The monoisotopic (exact) mass is 269 g/mol. The van der Waals surface area contributed by atoms with Gasteiger partial charge in [-0.2, -0.15) is 0 Å². The summed E-state index contributed by atoms with van der Waals surface area (Å²) >= 11 is 0. The summed E-state index contributed by atoms with van der Waals surface area (Å²) in [6.45, 7) is 0. The lowest BCUT2D eigenvalue weighted by molar-refractivity contribution is 0.0696. The van der Waals surface area contributed by atoms with Gasteiger partial charge < -0.3 is 10.4 Å². The van der Waals surface area contributed by atoms with Crippen molar-refractivity contribution < 1.29 is 19.5 Å². The molecule has 0 aliphatic heterocycles. The lowest BCUT2D eigenvalue weighted by Gasteiger charge is -2.05. The van der Waals surface area contributed by atoms with Crippen molar-refractivity contribution in [2.75, 3.05) is 5.32 Å². The summed E-state index contributed by atoms with van der Waals surface area (Å²) in [5.74, 6) is -1.39. The van der Waals surface area contributed by atoms with Gasteiger partial charge in [0.25, 0.3) is 5.91 Å². The Labute approximate surface area is 114 Å². The van der Waals surface area contributed by atoms with Crippen molar-refractivity contribution >= 4 is 23.9 Å². The second-order valence-corrected chi connectivity index (χ2v) is 4.08. The lowest BCUT2D eigenvalue weighted by Crippen LogP contribution is -2.12. The third-order valence-electron chi connectivity index (χ3n) is 2.70. The molecular weight excluding hydrogens is 258 g/mol. The summed E-state index contributed by atoms with van der Waals surface area (Å²) in [6, 6.07) is 12.0. The highest BCUT2D eigenvalue weighted by molar-refractivity contribution is 6.04. The molecule has 2 aromatic carbocycles. The number of hydrogen-bond acceptors (Lipinski definition) is 3. The molecule has 0 heterocycles. The summed E-state index contributed by atoms with van der Waals surface area (Å²) < 4.78 is 0. The van der Waals surface area contributed by atoms with Gasteiger partial charge in [-0.15, -0.1) is 0 Å². The number of rotatable bonds is 4. The van der Waals surface area contributed by atoms with Gasteiger partial charge in [0.05, 0.1) is 5.56 Å². The Kier molecular flexibility index (Phi) is 3.91. The van der Waals surface area contributed by atoms with Gasteiger partial charge in [0.15, 0.2) is 0 Å². The van der Waals surface area contributed by atoms with Crippen LogP contribution in [0.2, 0.25) is 0 Å². The van der Waals surface area contributed by atoms with Crippen molar-refractivity contribution in [3.05, 3.63) is 65.2 Å². The summed E-state index contributed by atoms with van der Waals surface area (Å²) in [4.78, 5) is 33.1. The van der Waals surface area contributed by atoms with Crippen molar-refractivity contribution in [1.29, 1.82) is 0 Å². The number of carboxylic acid groups (broad SMARTS) is 1. The maximum atomic E-state index is 11.9. The van der Waals surface area contributed by atoms with Crippen LogP contribution in [0.15, 0.2) is 48.5 Å². The molecule has 1 amide bonds. The first kappa shape index (κ1) is 13.5. The first-order valence-electron chi connectivity index (χ1n) is 5.80. The molecule has 0 saturated heterocycles. The lowest BCUT2D eigenvalue weighted by atomic mass is 10.1. The number of benzene rings is 2. The van der Waals surface area contributed by atoms with Crippen LogP contribution in [-0.2, 0) is 0 Å². The highest BCUT2D eigenvalue weighted by Gasteiger charge is 2.08. The van der Waals surface area contributed by atoms with Gasteiger partial charge in [-0.3, -0.25) is 9.59 Å². The van der Waals surface area contributed by atoms with E-state index in [1.165, 1.54) is 24.3 Å². The fourth-order valence-electron chi connectivity index (χ4n) is 1.61. The standard InChI is InChI=1S/C15H11NO4/c17-9-10-1-7-13(8-2-10)16-14(18)11-3-5-12(6-4-11)15(19)20/h1-9H,(H,16,18)(H,19,20). The summed E-state index contributed by atoms with van der Waals surface area (Å²) in [5, 5.41) is 11.4. The molecule has 20 heavy (non-hydrogen) atoms. The van der Waals surface area contributed by atoms with E-state index in [2.05, 4.69) is 5.32 Å². The van der Waals surface area contributed by atoms with E-state index in [0.29, 0.717) is 16.8 Å². The van der Waals surface area contributed by atoms with Crippen LogP contribution in [0.25, 0.3) is 0 Å². The number of amides is 1. The molecule has 0 bridgehead atoms. The minimum atomic E-state index is -1.04. The van der Waals surface area contributed by atoms with Gasteiger partial charge in [-0.25, -0.2) is 4.79 Å². The number of carbonyl (C=O) groups is 3. The van der Waals surface area contributed by atoms with Gasteiger partial charge in [0, 0.05) is 16.8 Å². The fourth-order valence-corrected chi connectivity index (χ4v) is 1.61. The second kappa shape index (κ2) is 5.79. The zero-order valence-corrected chi connectivity index (χ0v) is 10.4. The average molecular weight is 269 g/mol. The van der Waals surface area contributed by atoms with Gasteiger partial charge in [-0.05, 0) is 48.5 Å². The van der Waals surface area contributed by atoms with Crippen molar-refractivity contribution in [1.82, 2.24) is 0 Å². The van der Waals surface area contributed by atoms with Gasteiger partial charge in [0.2, 0.25) is 0 Å². The maximum absolute atomic E-state index is 11.9. The predicted molar refractivity (Wildman–Crippen MR) is 73.2 cm³/mol. The van der Waals surface area contributed by atoms with Crippen LogP contribution >= 0.6 is 0 Å². The Balaban J connectivity index is 2.10. The highest BCUT2D eigenvalue weighted by atomic mass is 16.4. The molecule has 0 aliphatic rings. The fraction of sp³-hybridized carbons (Fsp3) is 0. The van der Waals surface area contributed by atoms with E-state index in [0.717, 1.165) is 6.29 Å². The predicted octanol–water partition coefficient (Wildman–Crippen LogP) is 2.45. The topological polar surface area (TPSA) is 83.5 Å². The Morgan fingerprint density at radius 3 is 1.95 bits per heavy atom. The third-order valence-corrected chi connectivity index (χ3v) is 2.70. The van der Waals surface area contributed by atoms with E-state index in [1.54, 1.807) is 24.3 Å². The zero-order valence-electron chi connectivity index (χ0n) is 10.4. The second-order valence-electron chi connectivity index (χ2n) is 4.08. The van der Waals surface area contributed by atoms with Crippen LogP contribution < -0.4 is 5.32 Å². The van der Waals surface area contributed by atoms with Crippen molar-refractivity contribution in [2.45, 2.75) is 0 Å². The molecule has 100 valence electrons. The summed E-state index contributed by atoms with van der Waals surface area (Å²) in [6.07, 6.45) is 0.718. The largest absolute Gasteiger partial charge is 0.478 e. The number of carbonyl (C=O) groups excluding carboxylic acids is 2. The van der Waals surface area contributed by atoms with Crippen LogP contribution in [-0.4, -0.2) is 23.3 Å². The van der Waals surface area contributed by atoms with Crippen LogP contribution in [0.4, 0.5) is 5.69 Å². The molecular formula is C15H11NO4. The minimum absolute atomic E-state index is 0.122. The Bertz CT molecular complexity index is 645. The van der Waals surface area contributed by atoms with Gasteiger partial charge >= 0.3 is 5.97 Å². The number of hydrogen-bond donors (Lipinski definition) is 2. The Morgan fingerprint density at radius 2 is 1.45 bits per heavy atom. The molecule has 0 fully saturated rings. The number of anilines is 1. The number of aldehydes is 1. The van der Waals surface area contributed by atoms with E-state index < -0.39 is 5.97 Å². The van der Waals surface area contributed by atoms with Crippen molar-refractivity contribution in [3.63, 3.8) is 0 Å². The Hall–Kier alpha value is -2.95. The molecule has 5 nitrogen and oxygen atoms in total. The van der Waals surface area contributed by atoms with E-state index in [4.69, 9.17) is 5.11 Å². The molecule has 0 spiro atoms. The van der Waals surface area contributed by atoms with E-state index in [9.17, 15) is 14.4 Å². The van der Waals surface area contributed by atoms with Gasteiger partial charge in [0.1, 0.15) is 6.29 Å². The van der Waals surface area contributed by atoms with Gasteiger partial charge in [-0.1, -0.05) is 0 Å². The minimum Gasteiger partial charge on any atom is -0.478 e. The van der Waals surface area contributed by atoms with Crippen molar-refractivity contribution in [3.8, 4) is 0 Å². The molecule has 2 rings (SSSR count). The molecule has 0 saturated carbocycles. The van der Waals surface area contributed by atoms with E-state index in [1.807, 2.05) is 0 Å². The number of nitrogens with one attached hydrogen (secondary N) is 1. The van der Waals surface area contributed by atoms with E-state index in [-0.39, 0.29) is 11.5 Å². The Morgan fingerprint density at radius 1 is 0.900 bits per heavy atom. The third kappa shape index (κ3) is 3.08. The first-order valence-corrected chi connectivity index (χ1v) is 5.80.